The summed E-state index contributed by atoms with van der Waals surface area (Å²) >= 11 is 0. The van der Waals surface area contributed by atoms with Crippen LogP contribution in [-0.2, 0) is 0 Å². The molecule has 0 bridgehead atoms. The first-order valence-corrected chi connectivity index (χ1v) is 9.13. The zero-order valence-corrected chi connectivity index (χ0v) is 17.0. The van der Waals surface area contributed by atoms with Crippen molar-refractivity contribution < 1.29 is 27.8 Å². The standard InChI is InChI=1S/C23H20FNO5/c1-26-18-9-6-14(24)12-16(18)23-25-17-8-5-13(11-20(17)30-23)15-7-10-19(27-2)22(29-4)21(15)28-3/h5-12H,1-4H3. The molecule has 0 saturated carbocycles. The molecule has 154 valence electrons. The summed E-state index contributed by atoms with van der Waals surface area (Å²) in [7, 11) is 6.21. The number of methoxy groups -OCH3 is 4. The van der Waals surface area contributed by atoms with Crippen LogP contribution < -0.4 is 18.9 Å². The Kier molecular flexibility index (Phi) is 5.18. The molecule has 6 nitrogen and oxygen atoms in total. The van der Waals surface area contributed by atoms with Gasteiger partial charge in [0.15, 0.2) is 17.1 Å². The van der Waals surface area contributed by atoms with Gasteiger partial charge in [0.25, 0.3) is 0 Å². The maximum Gasteiger partial charge on any atom is 0.231 e. The lowest BCUT2D eigenvalue weighted by Crippen LogP contribution is -1.96. The molecule has 0 aliphatic heterocycles. The predicted octanol–water partition coefficient (Wildman–Crippen LogP) is 5.34. The second kappa shape index (κ2) is 7.94. The van der Waals surface area contributed by atoms with Crippen molar-refractivity contribution in [1.82, 2.24) is 4.98 Å². The number of aromatic nitrogens is 1. The number of ether oxygens (including phenoxy) is 4. The first-order chi connectivity index (χ1) is 14.6. The lowest BCUT2D eigenvalue weighted by Gasteiger charge is -2.15. The first kappa shape index (κ1) is 19.6. The van der Waals surface area contributed by atoms with E-state index in [1.807, 2.05) is 30.3 Å². The number of halogens is 1. The van der Waals surface area contributed by atoms with Crippen molar-refractivity contribution in [2.45, 2.75) is 0 Å². The molecule has 3 aromatic carbocycles. The summed E-state index contributed by atoms with van der Waals surface area (Å²) in [6, 6.07) is 13.5. The molecule has 0 atom stereocenters. The number of hydrogen-bond acceptors (Lipinski definition) is 6. The second-order valence-corrected chi connectivity index (χ2v) is 6.43. The Hall–Kier alpha value is -3.74. The van der Waals surface area contributed by atoms with Crippen LogP contribution in [0.15, 0.2) is 52.9 Å². The highest BCUT2D eigenvalue weighted by Gasteiger charge is 2.19. The van der Waals surface area contributed by atoms with Gasteiger partial charge in [-0.1, -0.05) is 6.07 Å². The molecule has 0 amide bonds. The van der Waals surface area contributed by atoms with E-state index >= 15 is 0 Å². The molecular formula is C23H20FNO5. The average Bonchev–Trinajstić information content (AvgIpc) is 3.21. The number of rotatable bonds is 6. The van der Waals surface area contributed by atoms with Crippen LogP contribution in [0.1, 0.15) is 0 Å². The lowest BCUT2D eigenvalue weighted by atomic mass is 10.0. The van der Waals surface area contributed by atoms with Gasteiger partial charge in [-0.2, -0.15) is 0 Å². The monoisotopic (exact) mass is 409 g/mol. The molecule has 0 spiro atoms. The Morgan fingerprint density at radius 2 is 1.47 bits per heavy atom. The zero-order valence-electron chi connectivity index (χ0n) is 17.0. The van der Waals surface area contributed by atoms with Gasteiger partial charge in [-0.3, -0.25) is 0 Å². The summed E-state index contributed by atoms with van der Waals surface area (Å²) < 4.78 is 41.4. The predicted molar refractivity (Wildman–Crippen MR) is 111 cm³/mol. The molecule has 1 heterocycles. The summed E-state index contributed by atoms with van der Waals surface area (Å²) in [6.45, 7) is 0. The third kappa shape index (κ3) is 3.28. The molecule has 0 radical (unpaired) electrons. The van der Waals surface area contributed by atoms with E-state index in [1.165, 1.54) is 19.2 Å². The Labute approximate surface area is 172 Å². The summed E-state index contributed by atoms with van der Waals surface area (Å²) in [5.74, 6) is 1.97. The average molecular weight is 409 g/mol. The lowest BCUT2D eigenvalue weighted by molar-refractivity contribution is 0.325. The van der Waals surface area contributed by atoms with Crippen LogP contribution in [0.5, 0.6) is 23.0 Å². The van der Waals surface area contributed by atoms with Crippen molar-refractivity contribution in [2.75, 3.05) is 28.4 Å². The molecule has 1 aromatic heterocycles. The molecule has 4 aromatic rings. The van der Waals surface area contributed by atoms with Crippen molar-refractivity contribution in [1.29, 1.82) is 0 Å². The minimum atomic E-state index is -0.399. The van der Waals surface area contributed by atoms with Crippen LogP contribution in [-0.4, -0.2) is 33.4 Å². The van der Waals surface area contributed by atoms with Crippen molar-refractivity contribution in [3.05, 3.63) is 54.3 Å². The van der Waals surface area contributed by atoms with Crippen LogP contribution >= 0.6 is 0 Å². The normalized spacial score (nSPS) is 10.8. The summed E-state index contributed by atoms with van der Waals surface area (Å²) in [5, 5.41) is 0. The molecule has 0 N–H and O–H groups in total. The number of hydrogen-bond donors (Lipinski definition) is 0. The van der Waals surface area contributed by atoms with Gasteiger partial charge in [-0.15, -0.1) is 0 Å². The highest BCUT2D eigenvalue weighted by Crippen LogP contribution is 2.45. The van der Waals surface area contributed by atoms with Crippen molar-refractivity contribution >= 4 is 11.1 Å². The van der Waals surface area contributed by atoms with Crippen LogP contribution in [0.3, 0.4) is 0 Å². The molecule has 0 aliphatic carbocycles. The van der Waals surface area contributed by atoms with Gasteiger partial charge < -0.3 is 23.4 Å². The van der Waals surface area contributed by atoms with E-state index in [4.69, 9.17) is 23.4 Å². The third-order valence-electron chi connectivity index (χ3n) is 4.80. The number of oxazole rings is 1. The Bertz CT molecular complexity index is 1220. The molecule has 0 unspecified atom stereocenters. The Morgan fingerprint density at radius 3 is 2.17 bits per heavy atom. The van der Waals surface area contributed by atoms with Gasteiger partial charge in [0.1, 0.15) is 17.1 Å². The van der Waals surface area contributed by atoms with Gasteiger partial charge in [0.2, 0.25) is 11.6 Å². The van der Waals surface area contributed by atoms with Crippen LogP contribution in [0, 0.1) is 5.82 Å². The van der Waals surface area contributed by atoms with Crippen LogP contribution in [0.25, 0.3) is 33.7 Å². The number of nitrogens with zero attached hydrogens (tertiary/aromatic N) is 1. The van der Waals surface area contributed by atoms with Gasteiger partial charge in [-0.25, -0.2) is 9.37 Å². The highest BCUT2D eigenvalue weighted by atomic mass is 19.1. The largest absolute Gasteiger partial charge is 0.496 e. The Balaban J connectivity index is 1.84. The summed E-state index contributed by atoms with van der Waals surface area (Å²) in [6.07, 6.45) is 0. The van der Waals surface area contributed by atoms with Crippen LogP contribution in [0.2, 0.25) is 0 Å². The van der Waals surface area contributed by atoms with E-state index in [0.717, 1.165) is 11.1 Å². The smallest absolute Gasteiger partial charge is 0.231 e. The summed E-state index contributed by atoms with van der Waals surface area (Å²) in [4.78, 5) is 4.48. The maximum atomic E-state index is 13.8. The first-order valence-electron chi connectivity index (χ1n) is 9.13. The quantitative estimate of drug-likeness (QED) is 0.429. The third-order valence-corrected chi connectivity index (χ3v) is 4.80. The SMILES string of the molecule is COc1ccc(F)cc1-c1nc2ccc(-c3ccc(OC)c(OC)c3OC)cc2o1. The zero-order chi connectivity index (χ0) is 21.3. The molecule has 7 heteroatoms. The number of benzene rings is 3. The molecular weight excluding hydrogens is 389 g/mol. The fourth-order valence-corrected chi connectivity index (χ4v) is 3.38. The van der Waals surface area contributed by atoms with Crippen molar-refractivity contribution in [3.63, 3.8) is 0 Å². The molecule has 4 rings (SSSR count). The van der Waals surface area contributed by atoms with E-state index in [0.29, 0.717) is 39.7 Å². The van der Waals surface area contributed by atoms with E-state index in [-0.39, 0.29) is 5.89 Å². The van der Waals surface area contributed by atoms with Crippen molar-refractivity contribution in [2.24, 2.45) is 0 Å². The molecule has 30 heavy (non-hydrogen) atoms. The van der Waals surface area contributed by atoms with Gasteiger partial charge in [0.05, 0.1) is 34.0 Å². The van der Waals surface area contributed by atoms with E-state index < -0.39 is 5.82 Å². The van der Waals surface area contributed by atoms with E-state index in [2.05, 4.69) is 4.98 Å². The van der Waals surface area contributed by atoms with Crippen LogP contribution in [0.4, 0.5) is 4.39 Å². The van der Waals surface area contributed by atoms with Crippen molar-refractivity contribution in [3.8, 4) is 45.6 Å². The maximum absolute atomic E-state index is 13.8. The van der Waals surface area contributed by atoms with E-state index in [1.54, 1.807) is 27.4 Å². The van der Waals surface area contributed by atoms with Gasteiger partial charge in [-0.05, 0) is 48.0 Å². The minimum absolute atomic E-state index is 0.276. The minimum Gasteiger partial charge on any atom is -0.496 e. The Morgan fingerprint density at radius 1 is 0.733 bits per heavy atom. The number of fused-ring (bicyclic) bond motifs is 1. The summed E-state index contributed by atoms with van der Waals surface area (Å²) in [5.41, 5.74) is 3.27. The topological polar surface area (TPSA) is 63.0 Å². The van der Waals surface area contributed by atoms with Gasteiger partial charge >= 0.3 is 0 Å². The van der Waals surface area contributed by atoms with Gasteiger partial charge in [0, 0.05) is 5.56 Å². The fourth-order valence-electron chi connectivity index (χ4n) is 3.38. The molecule has 0 fully saturated rings. The second-order valence-electron chi connectivity index (χ2n) is 6.43. The van der Waals surface area contributed by atoms with E-state index in [9.17, 15) is 4.39 Å². The molecule has 0 aliphatic rings. The highest BCUT2D eigenvalue weighted by molar-refractivity contribution is 5.85. The molecule has 0 saturated heterocycles. The fraction of sp³-hybridized carbons (Fsp3) is 0.174.